The summed E-state index contributed by atoms with van der Waals surface area (Å²) >= 11 is 0. The highest BCUT2D eigenvalue weighted by atomic mass is 16.5. The molecule has 1 unspecified atom stereocenters. The van der Waals surface area contributed by atoms with E-state index in [4.69, 9.17) is 14.2 Å². The lowest BCUT2D eigenvalue weighted by atomic mass is 10.1. The maximum absolute atomic E-state index is 12.7. The van der Waals surface area contributed by atoms with Crippen molar-refractivity contribution >= 4 is 17.9 Å². The molecule has 0 aliphatic heterocycles. The van der Waals surface area contributed by atoms with Crippen LogP contribution in [0.2, 0.25) is 0 Å². The van der Waals surface area contributed by atoms with Crippen LogP contribution in [0.25, 0.3) is 0 Å². The fraction of sp³-hybridized carbons (Fsp3) is 0.318. The maximum atomic E-state index is 12.7. The molecule has 0 fully saturated rings. The zero-order valence-corrected chi connectivity index (χ0v) is 17.3. The average molecular weight is 414 g/mol. The Labute approximate surface area is 175 Å². The van der Waals surface area contributed by atoms with Crippen LogP contribution in [-0.2, 0) is 9.53 Å². The Bertz CT molecular complexity index is 869. The van der Waals surface area contributed by atoms with Crippen molar-refractivity contribution in [3.8, 4) is 11.5 Å². The molecule has 0 aromatic heterocycles. The Hall–Kier alpha value is -3.55. The molecule has 0 saturated heterocycles. The molecule has 30 heavy (non-hydrogen) atoms. The highest BCUT2D eigenvalue weighted by Crippen LogP contribution is 2.29. The third-order valence-corrected chi connectivity index (χ3v) is 4.18. The molecule has 0 aliphatic carbocycles. The maximum Gasteiger partial charge on any atom is 0.339 e. The highest BCUT2D eigenvalue weighted by Gasteiger charge is 2.27. The molecule has 8 nitrogen and oxygen atoms in total. The predicted octanol–water partition coefficient (Wildman–Crippen LogP) is 3.23. The quantitative estimate of drug-likeness (QED) is 0.482. The molecule has 0 saturated carbocycles. The zero-order chi connectivity index (χ0) is 21.9. The van der Waals surface area contributed by atoms with Gasteiger partial charge in [-0.3, -0.25) is 10.1 Å². The van der Waals surface area contributed by atoms with Crippen molar-refractivity contribution in [2.24, 2.45) is 0 Å². The van der Waals surface area contributed by atoms with E-state index in [1.54, 1.807) is 36.4 Å². The number of hydrogen-bond donors (Lipinski definition) is 2. The number of carbonyl (C=O) groups is 3. The molecule has 0 radical (unpaired) electrons. The molecule has 0 bridgehead atoms. The third-order valence-electron chi connectivity index (χ3n) is 4.18. The number of imide groups is 1. The summed E-state index contributed by atoms with van der Waals surface area (Å²) in [6, 6.07) is 12.4. The lowest BCUT2D eigenvalue weighted by molar-refractivity contribution is -0.129. The lowest BCUT2D eigenvalue weighted by Crippen LogP contribution is -2.41. The van der Waals surface area contributed by atoms with Crippen molar-refractivity contribution < 1.29 is 28.6 Å². The number of benzene rings is 2. The number of rotatable bonds is 9. The highest BCUT2D eigenvalue weighted by molar-refractivity contribution is 5.99. The number of methoxy groups -OCH3 is 1. The first-order valence-corrected chi connectivity index (χ1v) is 9.59. The molecule has 0 aliphatic rings. The van der Waals surface area contributed by atoms with Crippen LogP contribution in [0, 0.1) is 0 Å². The second-order valence-electron chi connectivity index (χ2n) is 6.33. The van der Waals surface area contributed by atoms with Gasteiger partial charge in [0.15, 0.2) is 11.5 Å². The van der Waals surface area contributed by atoms with Crippen molar-refractivity contribution in [1.29, 1.82) is 0 Å². The van der Waals surface area contributed by atoms with Gasteiger partial charge >= 0.3 is 12.0 Å². The number of amides is 3. The van der Waals surface area contributed by atoms with Crippen LogP contribution in [-0.4, -0.2) is 38.7 Å². The van der Waals surface area contributed by atoms with Crippen molar-refractivity contribution in [2.45, 2.75) is 25.9 Å². The molecule has 8 heteroatoms. The Morgan fingerprint density at radius 3 is 2.40 bits per heavy atom. The van der Waals surface area contributed by atoms with E-state index in [-0.39, 0.29) is 5.56 Å². The fourth-order valence-corrected chi connectivity index (χ4v) is 2.56. The second kappa shape index (κ2) is 11.5. The van der Waals surface area contributed by atoms with Gasteiger partial charge < -0.3 is 19.5 Å². The molecule has 160 valence electrons. The van der Waals surface area contributed by atoms with Crippen molar-refractivity contribution in [3.05, 3.63) is 59.7 Å². The molecule has 2 aromatic rings. The summed E-state index contributed by atoms with van der Waals surface area (Å²) in [6.07, 6.45) is 0.584. The van der Waals surface area contributed by atoms with Gasteiger partial charge in [0.25, 0.3) is 5.91 Å². The number of carbonyl (C=O) groups excluding carboxylic acids is 3. The van der Waals surface area contributed by atoms with E-state index in [1.807, 2.05) is 0 Å². The first-order chi connectivity index (χ1) is 14.5. The molecule has 2 N–H and O–H groups in total. The molecule has 0 heterocycles. The number of ether oxygens (including phenoxy) is 3. The standard InChI is InChI=1S/C22H26N2O6/c1-4-5-13-29-17-12-11-16(14-18(17)28-3)21(26)30-19(15-9-7-6-8-10-15)20(25)24-22(27)23-2/h6-12,14,19H,4-5,13H2,1-3H3,(H2,23,24,25,27). The molecule has 1 atom stereocenters. The normalized spacial score (nSPS) is 11.2. The molecule has 3 amide bonds. The summed E-state index contributed by atoms with van der Waals surface area (Å²) in [5.74, 6) is -0.610. The number of nitrogens with one attached hydrogen (secondary N) is 2. The number of urea groups is 1. The van der Waals surface area contributed by atoms with Gasteiger partial charge in [0.05, 0.1) is 19.3 Å². The van der Waals surface area contributed by atoms with Crippen LogP contribution in [0.1, 0.15) is 41.8 Å². The molecular weight excluding hydrogens is 388 g/mol. The topological polar surface area (TPSA) is 103 Å². The van der Waals surface area contributed by atoms with Gasteiger partial charge in [-0.1, -0.05) is 43.7 Å². The minimum absolute atomic E-state index is 0.184. The summed E-state index contributed by atoms with van der Waals surface area (Å²) in [7, 11) is 2.85. The lowest BCUT2D eigenvalue weighted by Gasteiger charge is -2.18. The van der Waals surface area contributed by atoms with Gasteiger partial charge in [-0.25, -0.2) is 9.59 Å². The first-order valence-electron chi connectivity index (χ1n) is 9.59. The molecular formula is C22H26N2O6. The van der Waals surface area contributed by atoms with Gasteiger partial charge in [0, 0.05) is 12.6 Å². The van der Waals surface area contributed by atoms with Crippen molar-refractivity contribution in [1.82, 2.24) is 10.6 Å². The van der Waals surface area contributed by atoms with Gasteiger partial charge in [0.1, 0.15) is 0 Å². The average Bonchev–Trinajstić information content (AvgIpc) is 2.77. The smallest absolute Gasteiger partial charge is 0.339 e. The van der Waals surface area contributed by atoms with E-state index in [0.717, 1.165) is 12.8 Å². The van der Waals surface area contributed by atoms with Crippen molar-refractivity contribution in [2.75, 3.05) is 20.8 Å². The summed E-state index contributed by atoms with van der Waals surface area (Å²) in [4.78, 5) is 36.8. The van der Waals surface area contributed by atoms with Crippen LogP contribution >= 0.6 is 0 Å². The molecule has 0 spiro atoms. The minimum atomic E-state index is -1.30. The number of unbranched alkanes of at least 4 members (excludes halogenated alkanes) is 1. The SMILES string of the molecule is CCCCOc1ccc(C(=O)OC(C(=O)NC(=O)NC)c2ccccc2)cc1OC. The number of hydrogen-bond acceptors (Lipinski definition) is 6. The van der Waals surface area contributed by atoms with Crippen LogP contribution in [0.15, 0.2) is 48.5 Å². The summed E-state index contributed by atoms with van der Waals surface area (Å²) in [6.45, 7) is 2.59. The van der Waals surface area contributed by atoms with Gasteiger partial charge in [-0.15, -0.1) is 0 Å². The summed E-state index contributed by atoms with van der Waals surface area (Å²) < 4.78 is 16.4. The van der Waals surface area contributed by atoms with Gasteiger partial charge in [0.2, 0.25) is 6.10 Å². The largest absolute Gasteiger partial charge is 0.493 e. The van der Waals surface area contributed by atoms with E-state index in [2.05, 4.69) is 17.6 Å². The second-order valence-corrected chi connectivity index (χ2v) is 6.33. The van der Waals surface area contributed by atoms with Gasteiger partial charge in [-0.2, -0.15) is 0 Å². The Morgan fingerprint density at radius 2 is 1.77 bits per heavy atom. The van der Waals surface area contributed by atoms with Crippen LogP contribution in [0.4, 0.5) is 4.79 Å². The zero-order valence-electron chi connectivity index (χ0n) is 17.3. The Morgan fingerprint density at radius 1 is 1.03 bits per heavy atom. The Kier molecular flexibility index (Phi) is 8.68. The predicted molar refractivity (Wildman–Crippen MR) is 111 cm³/mol. The molecule has 2 rings (SSSR count). The minimum Gasteiger partial charge on any atom is -0.493 e. The van der Waals surface area contributed by atoms with Gasteiger partial charge in [-0.05, 0) is 24.6 Å². The molecule has 2 aromatic carbocycles. The van der Waals surface area contributed by atoms with Crippen LogP contribution in [0.5, 0.6) is 11.5 Å². The van der Waals surface area contributed by atoms with Crippen LogP contribution in [0.3, 0.4) is 0 Å². The Balaban J connectivity index is 2.22. The monoisotopic (exact) mass is 414 g/mol. The first kappa shape index (κ1) is 22.7. The van der Waals surface area contributed by atoms with Crippen molar-refractivity contribution in [3.63, 3.8) is 0 Å². The third kappa shape index (κ3) is 6.23. The fourth-order valence-electron chi connectivity index (χ4n) is 2.56. The summed E-state index contributed by atoms with van der Waals surface area (Å²) in [5.41, 5.74) is 0.613. The summed E-state index contributed by atoms with van der Waals surface area (Å²) in [5, 5.41) is 4.42. The van der Waals surface area contributed by atoms with E-state index in [9.17, 15) is 14.4 Å². The van der Waals surface area contributed by atoms with E-state index in [0.29, 0.717) is 23.7 Å². The van der Waals surface area contributed by atoms with Crippen LogP contribution < -0.4 is 20.1 Å². The van der Waals surface area contributed by atoms with E-state index in [1.165, 1.54) is 26.3 Å². The number of esters is 1. The van der Waals surface area contributed by atoms with E-state index >= 15 is 0 Å². The van der Waals surface area contributed by atoms with E-state index < -0.39 is 24.0 Å².